The lowest BCUT2D eigenvalue weighted by Gasteiger charge is -2.35. The number of nitrogens with one attached hydrogen (secondary N) is 1. The maximum Gasteiger partial charge on any atom is 0.259 e. The van der Waals surface area contributed by atoms with Gasteiger partial charge in [-0.3, -0.25) is 14.5 Å². The van der Waals surface area contributed by atoms with Crippen LogP contribution in [0.25, 0.3) is 10.9 Å². The number of rotatable bonds is 4. The number of methoxy groups -OCH3 is 1. The molecular weight excluding hydrogens is 366 g/mol. The molecule has 27 heavy (non-hydrogen) atoms. The minimum Gasteiger partial charge on any atom is -0.383 e. The molecule has 6 nitrogen and oxygen atoms in total. The quantitative estimate of drug-likeness (QED) is 0.871. The predicted molar refractivity (Wildman–Crippen MR) is 105 cm³/mol. The van der Waals surface area contributed by atoms with Gasteiger partial charge in [0.05, 0.1) is 12.1 Å². The Morgan fingerprint density at radius 2 is 2.15 bits per heavy atom. The molecule has 1 N–H and O–H groups in total. The largest absolute Gasteiger partial charge is 0.383 e. The number of H-pyrrole nitrogens is 1. The lowest BCUT2D eigenvalue weighted by Crippen LogP contribution is -2.46. The van der Waals surface area contributed by atoms with Crippen molar-refractivity contribution in [2.24, 2.45) is 5.92 Å². The van der Waals surface area contributed by atoms with Crippen molar-refractivity contribution in [1.29, 1.82) is 0 Å². The summed E-state index contributed by atoms with van der Waals surface area (Å²) in [4.78, 5) is 33.4. The summed E-state index contributed by atoms with van der Waals surface area (Å²) in [6.45, 7) is 3.94. The van der Waals surface area contributed by atoms with Crippen molar-refractivity contribution in [1.82, 2.24) is 14.8 Å². The number of benzene rings is 1. The first-order valence-corrected chi connectivity index (χ1v) is 9.78. The Labute approximate surface area is 163 Å². The molecule has 1 aromatic heterocycles. The molecule has 0 spiro atoms. The van der Waals surface area contributed by atoms with Crippen LogP contribution in [0, 0.1) is 5.92 Å². The number of nitrogens with zero attached hydrogens (tertiary/aromatic N) is 2. The van der Waals surface area contributed by atoms with Crippen LogP contribution in [0.1, 0.15) is 23.2 Å². The Balaban J connectivity index is 1.60. The van der Waals surface area contributed by atoms with Gasteiger partial charge in [-0.2, -0.15) is 0 Å². The summed E-state index contributed by atoms with van der Waals surface area (Å²) in [6.07, 6.45) is 3.74. The van der Waals surface area contributed by atoms with Gasteiger partial charge < -0.3 is 14.6 Å². The molecule has 5 rings (SSSR count). The molecule has 1 aromatic carbocycles. The third kappa shape index (κ3) is 3.61. The monoisotopic (exact) mass is 389 g/mol. The van der Waals surface area contributed by atoms with Crippen LogP contribution in [0.4, 0.5) is 0 Å². The number of aromatic amines is 1. The van der Waals surface area contributed by atoms with Gasteiger partial charge in [-0.25, -0.2) is 0 Å². The summed E-state index contributed by atoms with van der Waals surface area (Å²) in [5, 5.41) is 1.04. The first kappa shape index (κ1) is 18.5. The van der Waals surface area contributed by atoms with E-state index in [0.29, 0.717) is 47.6 Å². The highest BCUT2D eigenvalue weighted by atomic mass is 35.5. The zero-order valence-corrected chi connectivity index (χ0v) is 16.2. The molecule has 3 fully saturated rings. The van der Waals surface area contributed by atoms with Gasteiger partial charge in [-0.05, 0) is 37.0 Å². The van der Waals surface area contributed by atoms with Crippen molar-refractivity contribution in [3.05, 3.63) is 45.2 Å². The third-order valence-corrected chi connectivity index (χ3v) is 6.01. The summed E-state index contributed by atoms with van der Waals surface area (Å²) >= 11 is 5.99. The molecule has 0 saturated carbocycles. The van der Waals surface area contributed by atoms with E-state index in [4.69, 9.17) is 16.3 Å². The van der Waals surface area contributed by atoms with Gasteiger partial charge in [0, 0.05) is 55.9 Å². The molecular formula is C20H24ClN3O3. The van der Waals surface area contributed by atoms with Crippen LogP contribution in [0.2, 0.25) is 5.02 Å². The van der Waals surface area contributed by atoms with Crippen LogP contribution >= 0.6 is 11.6 Å². The van der Waals surface area contributed by atoms with E-state index < -0.39 is 0 Å². The number of hydrogen-bond acceptors (Lipinski definition) is 4. The van der Waals surface area contributed by atoms with E-state index in [1.807, 2.05) is 4.90 Å². The number of pyridine rings is 1. The summed E-state index contributed by atoms with van der Waals surface area (Å²) in [7, 11) is 1.71. The second-order valence-corrected chi connectivity index (χ2v) is 7.95. The Morgan fingerprint density at radius 1 is 1.30 bits per heavy atom. The van der Waals surface area contributed by atoms with Gasteiger partial charge in [0.1, 0.15) is 5.56 Å². The van der Waals surface area contributed by atoms with E-state index in [0.717, 1.165) is 25.9 Å². The number of fused-ring (bicyclic) bond motifs is 5. The first-order chi connectivity index (χ1) is 13.1. The number of carbonyl (C=O) groups is 1. The number of hydrogen-bond donors (Lipinski definition) is 1. The number of aromatic nitrogens is 1. The van der Waals surface area contributed by atoms with Crippen molar-refractivity contribution in [2.75, 3.05) is 39.9 Å². The normalized spacial score (nSPS) is 23.0. The minimum absolute atomic E-state index is 0.182. The highest BCUT2D eigenvalue weighted by molar-refractivity contribution is 6.31. The molecule has 2 aromatic rings. The highest BCUT2D eigenvalue weighted by Gasteiger charge is 2.36. The van der Waals surface area contributed by atoms with Gasteiger partial charge in [-0.1, -0.05) is 11.6 Å². The zero-order chi connectivity index (χ0) is 19.0. The first-order valence-electron chi connectivity index (χ1n) is 9.40. The molecule has 4 heterocycles. The molecule has 0 aliphatic carbocycles. The topological polar surface area (TPSA) is 65.6 Å². The van der Waals surface area contributed by atoms with E-state index in [-0.39, 0.29) is 16.9 Å². The Hall–Kier alpha value is -1.89. The van der Waals surface area contributed by atoms with Crippen molar-refractivity contribution in [3.63, 3.8) is 0 Å². The van der Waals surface area contributed by atoms with Crippen molar-refractivity contribution < 1.29 is 9.53 Å². The minimum atomic E-state index is -0.238. The van der Waals surface area contributed by atoms with E-state index in [2.05, 4.69) is 9.88 Å². The van der Waals surface area contributed by atoms with Gasteiger partial charge in [-0.15, -0.1) is 0 Å². The second kappa shape index (κ2) is 7.62. The van der Waals surface area contributed by atoms with E-state index >= 15 is 0 Å². The standard InChI is InChI=1S/C20H24ClN3O3/c1-27-7-6-23-10-13-2-4-15(23)12-24(11-13)20(26)17-9-22-18-8-14(21)3-5-16(18)19(17)25/h3,5,8-9,13,15H,2,4,6-7,10-12H2,1H3,(H,22,25)/t13-,15-/m1/s1. The lowest BCUT2D eigenvalue weighted by atomic mass is 9.95. The molecule has 2 bridgehead atoms. The van der Waals surface area contributed by atoms with Gasteiger partial charge in [0.25, 0.3) is 5.91 Å². The Bertz CT molecular complexity index is 913. The molecule has 0 unspecified atom stereocenters. The van der Waals surface area contributed by atoms with E-state index in [9.17, 15) is 9.59 Å². The fourth-order valence-electron chi connectivity index (χ4n) is 4.35. The van der Waals surface area contributed by atoms with E-state index in [1.165, 1.54) is 6.20 Å². The smallest absolute Gasteiger partial charge is 0.259 e. The van der Waals surface area contributed by atoms with Crippen LogP contribution in [0.3, 0.4) is 0 Å². The van der Waals surface area contributed by atoms with Crippen molar-refractivity contribution in [3.8, 4) is 0 Å². The average molecular weight is 390 g/mol. The molecule has 3 aliphatic heterocycles. The fourth-order valence-corrected chi connectivity index (χ4v) is 4.52. The molecule has 7 heteroatoms. The Kier molecular flexibility index (Phi) is 5.21. The summed E-state index contributed by atoms with van der Waals surface area (Å²) in [5.74, 6) is 0.265. The summed E-state index contributed by atoms with van der Waals surface area (Å²) in [6, 6.07) is 5.38. The molecule has 3 saturated heterocycles. The van der Waals surface area contributed by atoms with Crippen LogP contribution in [0.5, 0.6) is 0 Å². The predicted octanol–water partition coefficient (Wildman–Crippen LogP) is 2.36. The number of piperidine rings is 1. The second-order valence-electron chi connectivity index (χ2n) is 7.52. The third-order valence-electron chi connectivity index (χ3n) is 5.77. The Morgan fingerprint density at radius 3 is 2.96 bits per heavy atom. The van der Waals surface area contributed by atoms with Gasteiger partial charge >= 0.3 is 0 Å². The SMILES string of the molecule is COCCN1C[C@H]2CC[C@@H]1CN(C(=O)c1c[nH]c3cc(Cl)ccc3c1=O)C2. The van der Waals surface area contributed by atoms with E-state index in [1.54, 1.807) is 25.3 Å². The maximum absolute atomic E-state index is 13.2. The number of carbonyl (C=O) groups excluding carboxylic acids is 1. The molecule has 0 radical (unpaired) electrons. The fraction of sp³-hybridized carbons (Fsp3) is 0.500. The molecule has 144 valence electrons. The molecule has 1 amide bonds. The molecule has 3 aliphatic rings. The van der Waals surface area contributed by atoms with Gasteiger partial charge in [0.15, 0.2) is 0 Å². The van der Waals surface area contributed by atoms with Crippen LogP contribution in [0.15, 0.2) is 29.2 Å². The molecule has 2 atom stereocenters. The number of ether oxygens (including phenoxy) is 1. The maximum atomic E-state index is 13.2. The number of amides is 1. The van der Waals surface area contributed by atoms with Gasteiger partial charge in [0.2, 0.25) is 5.43 Å². The van der Waals surface area contributed by atoms with Crippen LogP contribution in [-0.4, -0.2) is 66.6 Å². The number of halogens is 1. The van der Waals surface area contributed by atoms with Crippen molar-refractivity contribution >= 4 is 28.4 Å². The van der Waals surface area contributed by atoms with Crippen LogP contribution in [-0.2, 0) is 4.74 Å². The lowest BCUT2D eigenvalue weighted by molar-refractivity contribution is 0.0716. The average Bonchev–Trinajstić information content (AvgIpc) is 2.98. The van der Waals surface area contributed by atoms with Crippen LogP contribution < -0.4 is 5.43 Å². The summed E-state index contributed by atoms with van der Waals surface area (Å²) in [5.41, 5.74) is 0.610. The zero-order valence-electron chi connectivity index (χ0n) is 15.4. The van der Waals surface area contributed by atoms with Crippen molar-refractivity contribution in [2.45, 2.75) is 18.9 Å². The summed E-state index contributed by atoms with van der Waals surface area (Å²) < 4.78 is 5.22. The highest BCUT2D eigenvalue weighted by Crippen LogP contribution is 2.28.